The number of alkyl carbamates (subject to hydrolysis) is 1. The Labute approximate surface area is 242 Å². The number of rotatable bonds is 8. The molecule has 0 aromatic heterocycles. The predicted octanol–water partition coefficient (Wildman–Crippen LogP) is 6.42. The van der Waals surface area contributed by atoms with Gasteiger partial charge in [0.2, 0.25) is 0 Å². The van der Waals surface area contributed by atoms with E-state index in [0.29, 0.717) is 12.2 Å². The van der Waals surface area contributed by atoms with Gasteiger partial charge in [0, 0.05) is 12.5 Å². The van der Waals surface area contributed by atoms with Crippen molar-refractivity contribution in [2.45, 2.75) is 51.7 Å². The molecule has 0 spiro atoms. The molecule has 3 aromatic rings. The molecule has 1 heterocycles. The molecule has 1 N–H and O–H groups in total. The van der Waals surface area contributed by atoms with Gasteiger partial charge in [0.25, 0.3) is 0 Å². The summed E-state index contributed by atoms with van der Waals surface area (Å²) in [7, 11) is -0.668. The van der Waals surface area contributed by atoms with Gasteiger partial charge in [0.15, 0.2) is 0 Å². The largest absolute Gasteiger partial charge is 0.492 e. The van der Waals surface area contributed by atoms with E-state index < -0.39 is 24.4 Å². The third kappa shape index (κ3) is 5.94. The number of esters is 1. The highest BCUT2D eigenvalue weighted by Gasteiger charge is 2.52. The van der Waals surface area contributed by atoms with Crippen LogP contribution in [0.2, 0.25) is 0 Å². The predicted molar refractivity (Wildman–Crippen MR) is 160 cm³/mol. The van der Waals surface area contributed by atoms with E-state index in [1.807, 2.05) is 70.2 Å². The first kappa shape index (κ1) is 28.6. The number of carbonyl (C=O) groups is 2. The standard InChI is InChI=1S/C33H36BNO6/c1-6-38-30(36)23-17-15-22(16-18-23)19-24(34-40-32(2,3)33(4,5)41-34)20-35-31(37)39-21-29-27-13-9-7-11-25(27)26-12-8-10-14-28(26)29/h7-19,29H,6,20-21H2,1-5H3,(H,35,37). The molecular formula is C33H36BNO6. The van der Waals surface area contributed by atoms with Crippen LogP contribution in [0.4, 0.5) is 4.79 Å². The van der Waals surface area contributed by atoms with Gasteiger partial charge in [-0.1, -0.05) is 66.7 Å². The smallest absolute Gasteiger partial charge is 0.462 e. The van der Waals surface area contributed by atoms with Crippen LogP contribution >= 0.6 is 0 Å². The second-order valence-corrected chi connectivity index (χ2v) is 11.3. The minimum Gasteiger partial charge on any atom is -0.462 e. The molecule has 0 atom stereocenters. The summed E-state index contributed by atoms with van der Waals surface area (Å²) >= 11 is 0. The summed E-state index contributed by atoms with van der Waals surface area (Å²) in [5.41, 5.74) is 5.60. The van der Waals surface area contributed by atoms with Crippen molar-refractivity contribution in [1.82, 2.24) is 5.32 Å². The monoisotopic (exact) mass is 553 g/mol. The molecule has 1 fully saturated rings. The van der Waals surface area contributed by atoms with Crippen LogP contribution in [0.5, 0.6) is 0 Å². The minimum absolute atomic E-state index is 0.0239. The van der Waals surface area contributed by atoms with E-state index in [0.717, 1.165) is 22.2 Å². The van der Waals surface area contributed by atoms with E-state index in [1.165, 1.54) is 11.1 Å². The molecule has 0 bridgehead atoms. The van der Waals surface area contributed by atoms with Gasteiger partial charge in [-0.25, -0.2) is 9.59 Å². The Morgan fingerprint density at radius 2 is 1.41 bits per heavy atom. The number of benzene rings is 3. The lowest BCUT2D eigenvalue weighted by molar-refractivity contribution is 0.00578. The first-order chi connectivity index (χ1) is 19.6. The Morgan fingerprint density at radius 1 is 0.854 bits per heavy atom. The highest BCUT2D eigenvalue weighted by molar-refractivity contribution is 6.56. The molecule has 2 aliphatic rings. The minimum atomic E-state index is -0.668. The highest BCUT2D eigenvalue weighted by atomic mass is 16.7. The summed E-state index contributed by atoms with van der Waals surface area (Å²) in [6.45, 7) is 10.4. The van der Waals surface area contributed by atoms with Crippen LogP contribution in [0.15, 0.2) is 78.3 Å². The third-order valence-corrected chi connectivity index (χ3v) is 8.11. The average molecular weight is 553 g/mol. The zero-order valence-corrected chi connectivity index (χ0v) is 24.2. The molecule has 0 saturated carbocycles. The van der Waals surface area contributed by atoms with Gasteiger partial charge < -0.3 is 24.1 Å². The molecule has 1 saturated heterocycles. The SMILES string of the molecule is CCOC(=O)c1ccc(C=C(CNC(=O)OCC2c3ccccc3-c3ccccc32)B2OC(C)(C)C(C)(C)O2)cc1. The maximum absolute atomic E-state index is 12.9. The Bertz CT molecular complexity index is 1400. The van der Waals surface area contributed by atoms with E-state index in [4.69, 9.17) is 18.8 Å². The Balaban J connectivity index is 1.29. The van der Waals surface area contributed by atoms with Gasteiger partial charge in [-0.15, -0.1) is 0 Å². The van der Waals surface area contributed by atoms with E-state index >= 15 is 0 Å². The third-order valence-electron chi connectivity index (χ3n) is 8.11. The quantitative estimate of drug-likeness (QED) is 0.256. The Morgan fingerprint density at radius 3 is 1.98 bits per heavy atom. The summed E-state index contributed by atoms with van der Waals surface area (Å²) in [5.74, 6) is -0.393. The van der Waals surface area contributed by atoms with E-state index in [-0.39, 0.29) is 25.0 Å². The molecule has 0 radical (unpaired) electrons. The van der Waals surface area contributed by atoms with Crippen molar-refractivity contribution in [3.8, 4) is 11.1 Å². The summed E-state index contributed by atoms with van der Waals surface area (Å²) in [6.07, 6.45) is 1.38. The van der Waals surface area contributed by atoms with Crippen LogP contribution in [0.25, 0.3) is 17.2 Å². The molecule has 7 nitrogen and oxygen atoms in total. The molecule has 1 aliphatic carbocycles. The van der Waals surface area contributed by atoms with Crippen LogP contribution in [0.1, 0.15) is 67.6 Å². The summed E-state index contributed by atoms with van der Waals surface area (Å²) in [4.78, 5) is 25.0. The molecule has 0 unspecified atom stereocenters. The van der Waals surface area contributed by atoms with Crippen molar-refractivity contribution in [2.24, 2.45) is 0 Å². The van der Waals surface area contributed by atoms with Gasteiger partial charge in [-0.3, -0.25) is 0 Å². The number of carbonyl (C=O) groups excluding carboxylic acids is 2. The Kier molecular flexibility index (Phi) is 8.07. The number of ether oxygens (including phenoxy) is 2. The van der Waals surface area contributed by atoms with Gasteiger partial charge in [0.1, 0.15) is 6.61 Å². The van der Waals surface area contributed by atoms with Crippen LogP contribution < -0.4 is 5.32 Å². The summed E-state index contributed by atoms with van der Waals surface area (Å²) in [6, 6.07) is 23.5. The first-order valence-electron chi connectivity index (χ1n) is 14.0. The Hall–Kier alpha value is -3.88. The normalized spacial score (nSPS) is 17.1. The van der Waals surface area contributed by atoms with Crippen LogP contribution in [-0.4, -0.2) is 50.1 Å². The maximum Gasteiger partial charge on any atom is 0.492 e. The zero-order valence-electron chi connectivity index (χ0n) is 24.2. The van der Waals surface area contributed by atoms with E-state index in [9.17, 15) is 9.59 Å². The molecule has 1 amide bonds. The maximum atomic E-state index is 12.9. The number of amides is 1. The second-order valence-electron chi connectivity index (χ2n) is 11.3. The molecule has 212 valence electrons. The van der Waals surface area contributed by atoms with Crippen LogP contribution in [0, 0.1) is 0 Å². The van der Waals surface area contributed by atoms with Gasteiger partial charge in [0.05, 0.1) is 23.4 Å². The summed E-state index contributed by atoms with van der Waals surface area (Å²) in [5, 5.41) is 2.89. The van der Waals surface area contributed by atoms with Crippen molar-refractivity contribution in [2.75, 3.05) is 19.8 Å². The fraction of sp³-hybridized carbons (Fsp3) is 0.333. The van der Waals surface area contributed by atoms with Crippen LogP contribution in [-0.2, 0) is 18.8 Å². The van der Waals surface area contributed by atoms with Crippen molar-refractivity contribution >= 4 is 25.3 Å². The molecule has 3 aromatic carbocycles. The second kappa shape index (κ2) is 11.5. The van der Waals surface area contributed by atoms with E-state index in [2.05, 4.69) is 29.6 Å². The van der Waals surface area contributed by atoms with Gasteiger partial charge >= 0.3 is 19.2 Å². The highest BCUT2D eigenvalue weighted by Crippen LogP contribution is 2.44. The summed E-state index contributed by atoms with van der Waals surface area (Å²) < 4.78 is 23.4. The van der Waals surface area contributed by atoms with Gasteiger partial charge in [-0.2, -0.15) is 0 Å². The van der Waals surface area contributed by atoms with Gasteiger partial charge in [-0.05, 0) is 80.0 Å². The van der Waals surface area contributed by atoms with Crippen LogP contribution in [0.3, 0.4) is 0 Å². The lowest BCUT2D eigenvalue weighted by atomic mass is 9.77. The molecular weight excluding hydrogens is 517 g/mol. The van der Waals surface area contributed by atoms with Crippen molar-refractivity contribution in [1.29, 1.82) is 0 Å². The number of nitrogens with one attached hydrogen (secondary N) is 1. The molecule has 41 heavy (non-hydrogen) atoms. The van der Waals surface area contributed by atoms with Crippen molar-refractivity contribution < 1.29 is 28.4 Å². The fourth-order valence-corrected chi connectivity index (χ4v) is 5.16. The number of hydrogen-bond donors (Lipinski definition) is 1. The molecule has 1 aliphatic heterocycles. The molecule has 8 heteroatoms. The van der Waals surface area contributed by atoms with E-state index in [1.54, 1.807) is 19.1 Å². The average Bonchev–Trinajstić information content (AvgIpc) is 3.39. The van der Waals surface area contributed by atoms with Crippen molar-refractivity contribution in [3.05, 3.63) is 101 Å². The van der Waals surface area contributed by atoms with Crippen molar-refractivity contribution in [3.63, 3.8) is 0 Å². The first-order valence-corrected chi connectivity index (χ1v) is 14.0. The zero-order chi connectivity index (χ0) is 29.2. The number of fused-ring (bicyclic) bond motifs is 3. The topological polar surface area (TPSA) is 83.1 Å². The molecule has 5 rings (SSSR count). The lowest BCUT2D eigenvalue weighted by Crippen LogP contribution is -2.41. The number of hydrogen-bond acceptors (Lipinski definition) is 6. The lowest BCUT2D eigenvalue weighted by Gasteiger charge is -2.32. The fourth-order valence-electron chi connectivity index (χ4n) is 5.16.